The van der Waals surface area contributed by atoms with E-state index in [1.807, 2.05) is 54.6 Å². The monoisotopic (exact) mass is 435 g/mol. The highest BCUT2D eigenvalue weighted by molar-refractivity contribution is 6.51. The minimum Gasteiger partial charge on any atom is -0.507 e. The molecular weight excluding hydrogens is 418 g/mol. The first-order valence-electron chi connectivity index (χ1n) is 10.4. The molecule has 160 valence electrons. The summed E-state index contributed by atoms with van der Waals surface area (Å²) in [6.45, 7) is 0. The molecule has 1 unspecified atom stereocenters. The molecular formula is C26H17N3O4. The van der Waals surface area contributed by atoms with Gasteiger partial charge in [-0.3, -0.25) is 14.5 Å². The Kier molecular flexibility index (Phi) is 4.16. The first-order chi connectivity index (χ1) is 16.1. The number of ketones is 1. The van der Waals surface area contributed by atoms with Crippen molar-refractivity contribution < 1.29 is 19.1 Å². The summed E-state index contributed by atoms with van der Waals surface area (Å²) < 4.78 is 5.61. The van der Waals surface area contributed by atoms with E-state index in [0.29, 0.717) is 16.8 Å². The molecule has 6 rings (SSSR count). The quantitative estimate of drug-likeness (QED) is 0.238. The SMILES string of the molecule is O=C1C(=O)N(c2nc3ccccc3[nH]2)C(c2ccco2)/C1=C(\O)c1cccc2ccccc12. The summed E-state index contributed by atoms with van der Waals surface area (Å²) in [5.41, 5.74) is 1.79. The highest BCUT2D eigenvalue weighted by atomic mass is 16.3. The van der Waals surface area contributed by atoms with E-state index in [4.69, 9.17) is 4.42 Å². The number of aliphatic hydroxyl groups is 1. The average molecular weight is 435 g/mol. The molecule has 1 atom stereocenters. The highest BCUT2D eigenvalue weighted by Crippen LogP contribution is 2.42. The minimum atomic E-state index is -0.973. The van der Waals surface area contributed by atoms with Crippen molar-refractivity contribution >= 4 is 45.2 Å². The molecule has 1 aliphatic rings. The molecule has 1 fully saturated rings. The van der Waals surface area contributed by atoms with Gasteiger partial charge >= 0.3 is 5.91 Å². The zero-order valence-corrected chi connectivity index (χ0v) is 17.2. The van der Waals surface area contributed by atoms with E-state index in [9.17, 15) is 14.7 Å². The third-order valence-corrected chi connectivity index (χ3v) is 5.91. The first kappa shape index (κ1) is 19.1. The Labute approximate surface area is 187 Å². The number of carbonyl (C=O) groups excluding carboxylic acids is 2. The number of benzene rings is 3. The van der Waals surface area contributed by atoms with Gasteiger partial charge < -0.3 is 14.5 Å². The summed E-state index contributed by atoms with van der Waals surface area (Å²) in [5.74, 6) is -1.31. The third-order valence-electron chi connectivity index (χ3n) is 5.91. The number of aromatic amines is 1. The van der Waals surface area contributed by atoms with Crippen LogP contribution in [0.1, 0.15) is 17.4 Å². The fourth-order valence-electron chi connectivity index (χ4n) is 4.40. The molecule has 0 aliphatic carbocycles. The number of imidazole rings is 1. The topological polar surface area (TPSA) is 99.4 Å². The largest absolute Gasteiger partial charge is 0.507 e. The van der Waals surface area contributed by atoms with Gasteiger partial charge in [-0.25, -0.2) is 4.98 Å². The molecule has 7 nitrogen and oxygen atoms in total. The number of aliphatic hydroxyl groups excluding tert-OH is 1. The molecule has 7 heteroatoms. The number of amides is 1. The van der Waals surface area contributed by atoms with E-state index < -0.39 is 17.7 Å². The van der Waals surface area contributed by atoms with Crippen LogP contribution in [0.4, 0.5) is 5.95 Å². The van der Waals surface area contributed by atoms with Crippen LogP contribution >= 0.6 is 0 Å². The van der Waals surface area contributed by atoms with Gasteiger partial charge in [0.25, 0.3) is 5.78 Å². The van der Waals surface area contributed by atoms with Gasteiger partial charge in [0.2, 0.25) is 5.95 Å². The maximum absolute atomic E-state index is 13.3. The molecule has 0 bridgehead atoms. The fraction of sp³-hybridized carbons (Fsp3) is 0.0385. The Morgan fingerprint density at radius 2 is 1.73 bits per heavy atom. The molecule has 0 saturated carbocycles. The predicted molar refractivity (Wildman–Crippen MR) is 124 cm³/mol. The molecule has 5 aromatic rings. The van der Waals surface area contributed by atoms with Crippen LogP contribution in [0.5, 0.6) is 0 Å². The number of aromatic nitrogens is 2. The van der Waals surface area contributed by atoms with Crippen molar-refractivity contribution in [1.29, 1.82) is 0 Å². The Bertz CT molecular complexity index is 1540. The van der Waals surface area contributed by atoms with Crippen LogP contribution in [0.2, 0.25) is 0 Å². The zero-order valence-electron chi connectivity index (χ0n) is 17.2. The van der Waals surface area contributed by atoms with Crippen LogP contribution in [0.15, 0.2) is 95.1 Å². The lowest BCUT2D eigenvalue weighted by atomic mass is 9.96. The lowest BCUT2D eigenvalue weighted by Gasteiger charge is -2.20. The molecule has 1 saturated heterocycles. The van der Waals surface area contributed by atoms with Gasteiger partial charge in [-0.2, -0.15) is 0 Å². The summed E-state index contributed by atoms with van der Waals surface area (Å²) in [5, 5.41) is 13.1. The van der Waals surface area contributed by atoms with Gasteiger partial charge in [0, 0.05) is 5.56 Å². The van der Waals surface area contributed by atoms with E-state index in [0.717, 1.165) is 16.3 Å². The maximum Gasteiger partial charge on any atom is 0.302 e. The number of H-pyrrole nitrogens is 1. The number of furan rings is 1. The molecule has 0 spiro atoms. The van der Waals surface area contributed by atoms with Crippen LogP contribution in [0.3, 0.4) is 0 Å². The van der Waals surface area contributed by atoms with Crippen molar-refractivity contribution in [3.05, 3.63) is 102 Å². The maximum atomic E-state index is 13.3. The van der Waals surface area contributed by atoms with Gasteiger partial charge in [-0.1, -0.05) is 54.6 Å². The van der Waals surface area contributed by atoms with E-state index in [1.165, 1.54) is 11.2 Å². The van der Waals surface area contributed by atoms with Crippen molar-refractivity contribution in [3.8, 4) is 0 Å². The van der Waals surface area contributed by atoms with Gasteiger partial charge in [0.05, 0.1) is 22.9 Å². The number of hydrogen-bond acceptors (Lipinski definition) is 5. The second-order valence-corrected chi connectivity index (χ2v) is 7.79. The van der Waals surface area contributed by atoms with E-state index >= 15 is 0 Å². The average Bonchev–Trinajstić information content (AvgIpc) is 3.57. The number of anilines is 1. The summed E-state index contributed by atoms with van der Waals surface area (Å²) in [7, 11) is 0. The van der Waals surface area contributed by atoms with Crippen LogP contribution in [0, 0.1) is 0 Å². The molecule has 2 aromatic heterocycles. The van der Waals surface area contributed by atoms with E-state index in [2.05, 4.69) is 9.97 Å². The van der Waals surface area contributed by atoms with Gasteiger partial charge in [0.1, 0.15) is 17.6 Å². The normalized spacial score (nSPS) is 17.9. The Morgan fingerprint density at radius 3 is 2.55 bits per heavy atom. The van der Waals surface area contributed by atoms with Crippen LogP contribution < -0.4 is 4.90 Å². The second kappa shape index (κ2) is 7.20. The number of nitrogens with zero attached hydrogens (tertiary/aromatic N) is 2. The number of rotatable bonds is 3. The van der Waals surface area contributed by atoms with Gasteiger partial charge in [0.15, 0.2) is 0 Å². The molecule has 0 radical (unpaired) electrons. The van der Waals surface area contributed by atoms with E-state index in [-0.39, 0.29) is 17.3 Å². The van der Waals surface area contributed by atoms with Gasteiger partial charge in [-0.15, -0.1) is 0 Å². The van der Waals surface area contributed by atoms with Crippen LogP contribution in [-0.2, 0) is 9.59 Å². The molecule has 2 N–H and O–H groups in total. The summed E-state index contributed by atoms with van der Waals surface area (Å²) in [4.78, 5) is 35.4. The molecule has 33 heavy (non-hydrogen) atoms. The molecule has 1 amide bonds. The van der Waals surface area contributed by atoms with Gasteiger partial charge in [-0.05, 0) is 35.0 Å². The predicted octanol–water partition coefficient (Wildman–Crippen LogP) is 4.94. The number of para-hydroxylation sites is 2. The lowest BCUT2D eigenvalue weighted by Crippen LogP contribution is -2.30. The minimum absolute atomic E-state index is 0.0493. The molecule has 3 heterocycles. The summed E-state index contributed by atoms with van der Waals surface area (Å²) >= 11 is 0. The number of hydrogen-bond donors (Lipinski definition) is 2. The first-order valence-corrected chi connectivity index (χ1v) is 10.4. The second-order valence-electron chi connectivity index (χ2n) is 7.79. The lowest BCUT2D eigenvalue weighted by molar-refractivity contribution is -0.132. The zero-order chi connectivity index (χ0) is 22.5. The standard InChI is InChI=1S/C26H17N3O4/c30-23(17-10-5-8-15-7-1-2-9-16(15)17)21-22(20-13-6-14-33-20)29(25(32)24(21)31)26-27-18-11-3-4-12-19(18)28-26/h1-14,22,30H,(H,27,28)/b23-21+. The van der Waals surface area contributed by atoms with Crippen molar-refractivity contribution in [2.24, 2.45) is 0 Å². The van der Waals surface area contributed by atoms with Crippen molar-refractivity contribution in [2.45, 2.75) is 6.04 Å². The molecule has 3 aromatic carbocycles. The summed E-state index contributed by atoms with van der Waals surface area (Å²) in [6, 6.07) is 22.7. The van der Waals surface area contributed by atoms with Crippen molar-refractivity contribution in [3.63, 3.8) is 0 Å². The Morgan fingerprint density at radius 1 is 0.939 bits per heavy atom. The fourth-order valence-corrected chi connectivity index (χ4v) is 4.40. The summed E-state index contributed by atoms with van der Waals surface area (Å²) in [6.07, 6.45) is 1.46. The highest BCUT2D eigenvalue weighted by Gasteiger charge is 2.49. The van der Waals surface area contributed by atoms with Crippen LogP contribution in [0.25, 0.3) is 27.6 Å². The third kappa shape index (κ3) is 2.86. The van der Waals surface area contributed by atoms with E-state index in [1.54, 1.807) is 24.3 Å². The Balaban J connectivity index is 1.60. The number of carbonyl (C=O) groups is 2. The number of fused-ring (bicyclic) bond motifs is 2. The van der Waals surface area contributed by atoms with Crippen molar-refractivity contribution in [2.75, 3.05) is 4.90 Å². The van der Waals surface area contributed by atoms with Crippen LogP contribution in [-0.4, -0.2) is 26.8 Å². The van der Waals surface area contributed by atoms with Crippen molar-refractivity contribution in [1.82, 2.24) is 9.97 Å². The Hall–Kier alpha value is -4.65. The molecule has 1 aliphatic heterocycles. The smallest absolute Gasteiger partial charge is 0.302 e. The number of Topliss-reactive ketones (excluding diaryl/α,β-unsaturated/α-hetero) is 1. The number of nitrogens with one attached hydrogen (secondary N) is 1.